The van der Waals surface area contributed by atoms with Gasteiger partial charge in [-0.1, -0.05) is 29.8 Å². The number of hydrogen-bond donors (Lipinski definition) is 2. The number of carbonyl (C=O) groups is 2. The van der Waals surface area contributed by atoms with Crippen LogP contribution in [0.5, 0.6) is 5.75 Å². The van der Waals surface area contributed by atoms with Gasteiger partial charge in [0.2, 0.25) is 11.8 Å². The fraction of sp³-hybridized carbons (Fsp3) is 0.412. The summed E-state index contributed by atoms with van der Waals surface area (Å²) in [5.41, 5.74) is 0.512. The van der Waals surface area contributed by atoms with Crippen LogP contribution in [-0.4, -0.2) is 72.7 Å². The van der Waals surface area contributed by atoms with Crippen molar-refractivity contribution in [3.63, 3.8) is 0 Å². The van der Waals surface area contributed by atoms with Gasteiger partial charge in [-0.25, -0.2) is 0 Å². The van der Waals surface area contributed by atoms with Crippen molar-refractivity contribution in [1.82, 2.24) is 9.80 Å². The first kappa shape index (κ1) is 20.4. The maximum absolute atomic E-state index is 12.4. The minimum atomic E-state index is -0.138. The fourth-order valence-electron chi connectivity index (χ4n) is 2.52. The number of benzene rings is 1. The Bertz CT molecular complexity index is 676. The number of piperazine rings is 1. The van der Waals surface area contributed by atoms with E-state index in [1.165, 1.54) is 12.1 Å². The summed E-state index contributed by atoms with van der Waals surface area (Å²) in [6, 6.07) is 3.11. The lowest BCUT2D eigenvalue weighted by Gasteiger charge is -2.34. The highest BCUT2D eigenvalue weighted by Crippen LogP contribution is 2.34. The van der Waals surface area contributed by atoms with Crippen molar-refractivity contribution in [1.29, 1.82) is 0 Å². The molecule has 0 saturated carbocycles. The fourth-order valence-corrected chi connectivity index (χ4v) is 3.02. The van der Waals surface area contributed by atoms with Gasteiger partial charge in [0.1, 0.15) is 12.4 Å². The van der Waals surface area contributed by atoms with E-state index in [1.54, 1.807) is 15.9 Å². The highest BCUT2D eigenvalue weighted by molar-refractivity contribution is 6.37. The molecule has 7 nitrogen and oxygen atoms in total. The van der Waals surface area contributed by atoms with Crippen LogP contribution >= 0.6 is 23.2 Å². The molecule has 142 valence electrons. The largest absolute Gasteiger partial charge is 0.490 e. The number of amides is 2. The molecule has 1 aromatic carbocycles. The molecule has 0 radical (unpaired) electrons. The average Bonchev–Trinajstić information content (AvgIpc) is 2.65. The zero-order valence-corrected chi connectivity index (χ0v) is 15.7. The van der Waals surface area contributed by atoms with Crippen molar-refractivity contribution in [2.24, 2.45) is 0 Å². The Morgan fingerprint density at radius 3 is 2.46 bits per heavy atom. The molecule has 0 spiro atoms. The van der Waals surface area contributed by atoms with Crippen molar-refractivity contribution < 1.29 is 19.4 Å². The molecule has 2 N–H and O–H groups in total. The minimum absolute atomic E-state index is 0.0518. The first-order chi connectivity index (χ1) is 12.5. The Morgan fingerprint density at radius 2 is 1.85 bits per heavy atom. The van der Waals surface area contributed by atoms with Gasteiger partial charge in [0.15, 0.2) is 0 Å². The van der Waals surface area contributed by atoms with E-state index in [1.807, 2.05) is 0 Å². The summed E-state index contributed by atoms with van der Waals surface area (Å²) in [7, 11) is 0. The van der Waals surface area contributed by atoms with Crippen molar-refractivity contribution in [3.8, 4) is 5.75 Å². The summed E-state index contributed by atoms with van der Waals surface area (Å²) in [6.45, 7) is 5.39. The Balaban J connectivity index is 1.91. The smallest absolute Gasteiger partial charge is 0.246 e. The van der Waals surface area contributed by atoms with E-state index in [4.69, 9.17) is 33.0 Å². The molecular formula is C17H21Cl2N3O4. The number of aliphatic hydroxyl groups excluding tert-OH is 1. The van der Waals surface area contributed by atoms with E-state index in [-0.39, 0.29) is 31.6 Å². The maximum atomic E-state index is 12.4. The Labute approximate surface area is 162 Å². The van der Waals surface area contributed by atoms with Gasteiger partial charge in [0.05, 0.1) is 28.9 Å². The molecule has 2 rings (SSSR count). The van der Waals surface area contributed by atoms with Crippen LogP contribution < -0.4 is 10.1 Å². The molecule has 0 aliphatic carbocycles. The molecule has 1 saturated heterocycles. The average molecular weight is 402 g/mol. The number of halogens is 2. The van der Waals surface area contributed by atoms with Gasteiger partial charge in [-0.15, -0.1) is 0 Å². The van der Waals surface area contributed by atoms with Crippen molar-refractivity contribution in [3.05, 3.63) is 34.8 Å². The van der Waals surface area contributed by atoms with Gasteiger partial charge in [0, 0.05) is 32.2 Å². The van der Waals surface area contributed by atoms with E-state index < -0.39 is 0 Å². The summed E-state index contributed by atoms with van der Waals surface area (Å²) in [6.07, 6.45) is 1.28. The van der Waals surface area contributed by atoms with Gasteiger partial charge in [-0.2, -0.15) is 0 Å². The Morgan fingerprint density at radius 1 is 1.19 bits per heavy atom. The van der Waals surface area contributed by atoms with Crippen LogP contribution in [0.4, 0.5) is 5.69 Å². The molecule has 1 heterocycles. The highest BCUT2D eigenvalue weighted by atomic mass is 35.5. The van der Waals surface area contributed by atoms with Crippen molar-refractivity contribution in [2.45, 2.75) is 0 Å². The minimum Gasteiger partial charge on any atom is -0.490 e. The number of nitrogens with zero attached hydrogens (tertiary/aromatic N) is 2. The standard InChI is InChI=1S/C17H21Cl2N3O4/c1-2-16(24)21-3-5-22(6-4-21)17(25)11-20-14-10-15(26-8-7-23)13(19)9-12(14)18/h2,9-10,20,23H,1,3-8,11H2. The molecular weight excluding hydrogens is 381 g/mol. The number of hydrogen-bond acceptors (Lipinski definition) is 5. The number of rotatable bonds is 7. The molecule has 26 heavy (non-hydrogen) atoms. The van der Waals surface area contributed by atoms with Crippen LogP contribution in [0.2, 0.25) is 10.0 Å². The molecule has 9 heteroatoms. The molecule has 1 aromatic rings. The molecule has 0 aromatic heterocycles. The predicted molar refractivity (Wildman–Crippen MR) is 101 cm³/mol. The van der Waals surface area contributed by atoms with Gasteiger partial charge in [0.25, 0.3) is 0 Å². The summed E-state index contributed by atoms with van der Waals surface area (Å²) < 4.78 is 5.33. The monoisotopic (exact) mass is 401 g/mol. The quantitative estimate of drug-likeness (QED) is 0.678. The molecule has 2 amide bonds. The van der Waals surface area contributed by atoms with Gasteiger partial charge in [-0.3, -0.25) is 9.59 Å². The molecule has 0 bridgehead atoms. The van der Waals surface area contributed by atoms with Crippen LogP contribution in [0.25, 0.3) is 0 Å². The second-order valence-electron chi connectivity index (χ2n) is 5.60. The number of aliphatic hydroxyl groups is 1. The predicted octanol–water partition coefficient (Wildman–Crippen LogP) is 1.63. The van der Waals surface area contributed by atoms with Gasteiger partial charge < -0.3 is 25.0 Å². The lowest BCUT2D eigenvalue weighted by atomic mass is 10.2. The lowest BCUT2D eigenvalue weighted by molar-refractivity contribution is -0.135. The van der Waals surface area contributed by atoms with Crippen LogP contribution in [0.1, 0.15) is 0 Å². The number of nitrogens with one attached hydrogen (secondary N) is 1. The third kappa shape index (κ3) is 5.27. The maximum Gasteiger partial charge on any atom is 0.246 e. The van der Waals surface area contributed by atoms with E-state index >= 15 is 0 Å². The molecule has 1 fully saturated rings. The topological polar surface area (TPSA) is 82.1 Å². The van der Waals surface area contributed by atoms with Crippen LogP contribution in [0.15, 0.2) is 24.8 Å². The van der Waals surface area contributed by atoms with E-state index in [0.29, 0.717) is 47.7 Å². The lowest BCUT2D eigenvalue weighted by Crippen LogP contribution is -2.51. The number of anilines is 1. The molecule has 0 unspecified atom stereocenters. The van der Waals surface area contributed by atoms with Crippen molar-refractivity contribution >= 4 is 40.7 Å². The molecule has 1 aliphatic heterocycles. The van der Waals surface area contributed by atoms with E-state index in [2.05, 4.69) is 11.9 Å². The number of carbonyl (C=O) groups excluding carboxylic acids is 2. The Hall–Kier alpha value is -1.96. The first-order valence-corrected chi connectivity index (χ1v) is 8.87. The second kappa shape index (κ2) is 9.66. The SMILES string of the molecule is C=CC(=O)N1CCN(C(=O)CNc2cc(OCCO)c(Cl)cc2Cl)CC1. The third-order valence-corrected chi connectivity index (χ3v) is 4.53. The highest BCUT2D eigenvalue weighted by Gasteiger charge is 2.22. The molecule has 0 atom stereocenters. The third-order valence-electron chi connectivity index (χ3n) is 3.92. The van der Waals surface area contributed by atoms with Gasteiger partial charge in [-0.05, 0) is 12.1 Å². The van der Waals surface area contributed by atoms with Crippen molar-refractivity contribution in [2.75, 3.05) is 51.3 Å². The zero-order valence-electron chi connectivity index (χ0n) is 14.2. The van der Waals surface area contributed by atoms with E-state index in [0.717, 1.165) is 0 Å². The van der Waals surface area contributed by atoms with Crippen LogP contribution in [0.3, 0.4) is 0 Å². The zero-order chi connectivity index (χ0) is 19.1. The number of ether oxygens (including phenoxy) is 1. The summed E-state index contributed by atoms with van der Waals surface area (Å²) in [5, 5.41) is 12.5. The van der Waals surface area contributed by atoms with Crippen LogP contribution in [-0.2, 0) is 9.59 Å². The summed E-state index contributed by atoms with van der Waals surface area (Å²) in [5.74, 6) is 0.148. The first-order valence-electron chi connectivity index (χ1n) is 8.12. The second-order valence-corrected chi connectivity index (χ2v) is 6.41. The molecule has 1 aliphatic rings. The summed E-state index contributed by atoms with van der Waals surface area (Å²) >= 11 is 12.2. The summed E-state index contributed by atoms with van der Waals surface area (Å²) in [4.78, 5) is 27.3. The van der Waals surface area contributed by atoms with E-state index in [9.17, 15) is 9.59 Å². The Kier molecular flexibility index (Phi) is 7.56. The van der Waals surface area contributed by atoms with Gasteiger partial charge >= 0.3 is 0 Å². The normalized spacial score (nSPS) is 14.1. The van der Waals surface area contributed by atoms with Crippen LogP contribution in [0, 0.1) is 0 Å².